The van der Waals surface area contributed by atoms with Crippen LogP contribution in [0, 0.1) is 5.92 Å². The highest BCUT2D eigenvalue weighted by Gasteiger charge is 2.30. The first-order valence-corrected chi connectivity index (χ1v) is 9.49. The summed E-state index contributed by atoms with van der Waals surface area (Å²) < 4.78 is 1.43. The Morgan fingerprint density at radius 1 is 0.900 bits per heavy atom. The predicted molar refractivity (Wildman–Crippen MR) is 112 cm³/mol. The van der Waals surface area contributed by atoms with Crippen LogP contribution >= 0.6 is 0 Å². The van der Waals surface area contributed by atoms with Crippen molar-refractivity contribution < 1.29 is 19.5 Å². The molecular weight excluding hydrogens is 382 g/mol. The van der Waals surface area contributed by atoms with Gasteiger partial charge in [0.1, 0.15) is 0 Å². The van der Waals surface area contributed by atoms with E-state index in [0.717, 1.165) is 16.7 Å². The Balaban J connectivity index is 2.05. The van der Waals surface area contributed by atoms with Gasteiger partial charge in [-0.25, -0.2) is 4.79 Å². The summed E-state index contributed by atoms with van der Waals surface area (Å²) in [6, 6.07) is 20.3. The van der Waals surface area contributed by atoms with E-state index >= 15 is 0 Å². The number of hydrogen-bond donors (Lipinski definition) is 1. The smallest absolute Gasteiger partial charge is 0.372 e. The van der Waals surface area contributed by atoms with Gasteiger partial charge in [0.25, 0.3) is 5.56 Å². The maximum Gasteiger partial charge on any atom is 0.372 e. The molecule has 0 aliphatic rings. The molecule has 1 N–H and O–H groups in total. The molecule has 6 nitrogen and oxygen atoms in total. The van der Waals surface area contributed by atoms with E-state index in [1.165, 1.54) is 17.6 Å². The first-order valence-electron chi connectivity index (χ1n) is 9.49. The van der Waals surface area contributed by atoms with Crippen molar-refractivity contribution in [3.05, 3.63) is 106 Å². The van der Waals surface area contributed by atoms with E-state index in [0.29, 0.717) is 6.42 Å². The molecule has 0 radical (unpaired) electrons. The molecule has 0 saturated carbocycles. The van der Waals surface area contributed by atoms with Gasteiger partial charge in [0.05, 0.1) is 18.0 Å². The van der Waals surface area contributed by atoms with E-state index in [1.54, 1.807) is 6.20 Å². The standard InChI is InChI=1S/C24H21NO5/c1-16(22(27)24(29)30)21(26)20-13-19(12-17-8-4-2-5-9-17)15-25(23(20)28)14-18-10-6-3-7-11-18/h2-11,13,15-16H,12,14H2,1H3,(H,29,30). The molecule has 152 valence electrons. The lowest BCUT2D eigenvalue weighted by molar-refractivity contribution is -0.150. The average molecular weight is 403 g/mol. The molecule has 1 unspecified atom stereocenters. The average Bonchev–Trinajstić information content (AvgIpc) is 2.75. The highest BCUT2D eigenvalue weighted by Crippen LogP contribution is 2.14. The van der Waals surface area contributed by atoms with E-state index in [-0.39, 0.29) is 12.1 Å². The van der Waals surface area contributed by atoms with Gasteiger partial charge < -0.3 is 9.67 Å². The Kier molecular flexibility index (Phi) is 6.37. The van der Waals surface area contributed by atoms with Crippen molar-refractivity contribution in [2.24, 2.45) is 5.92 Å². The maximum atomic E-state index is 13.0. The minimum Gasteiger partial charge on any atom is -0.475 e. The van der Waals surface area contributed by atoms with Crippen molar-refractivity contribution in [1.29, 1.82) is 0 Å². The van der Waals surface area contributed by atoms with Gasteiger partial charge in [-0.05, 0) is 36.1 Å². The quantitative estimate of drug-likeness (QED) is 0.355. The van der Waals surface area contributed by atoms with Crippen molar-refractivity contribution in [3.63, 3.8) is 0 Å². The molecule has 3 aromatic rings. The highest BCUT2D eigenvalue weighted by molar-refractivity contribution is 6.38. The van der Waals surface area contributed by atoms with Gasteiger partial charge >= 0.3 is 5.97 Å². The molecule has 2 aromatic carbocycles. The Hall–Kier alpha value is -3.80. The second-order valence-electron chi connectivity index (χ2n) is 7.10. The van der Waals surface area contributed by atoms with Crippen LogP contribution in [0.1, 0.15) is 34.0 Å². The van der Waals surface area contributed by atoms with Crippen molar-refractivity contribution in [3.8, 4) is 0 Å². The van der Waals surface area contributed by atoms with Crippen LogP contribution < -0.4 is 5.56 Å². The molecule has 0 bridgehead atoms. The number of nitrogens with zero attached hydrogens (tertiary/aromatic N) is 1. The Labute approximate surface area is 173 Å². The topological polar surface area (TPSA) is 93.4 Å². The van der Waals surface area contributed by atoms with Gasteiger partial charge in [-0.1, -0.05) is 60.7 Å². The minimum absolute atomic E-state index is 0.179. The molecule has 1 atom stereocenters. The third kappa shape index (κ3) is 4.78. The molecule has 30 heavy (non-hydrogen) atoms. The number of aliphatic carboxylic acids is 1. The first-order chi connectivity index (χ1) is 14.4. The SMILES string of the molecule is CC(C(=O)C(=O)O)C(=O)c1cc(Cc2ccccc2)cn(Cc2ccccc2)c1=O. The zero-order valence-corrected chi connectivity index (χ0v) is 16.4. The van der Waals surface area contributed by atoms with Crippen molar-refractivity contribution in [2.45, 2.75) is 19.9 Å². The molecule has 0 fully saturated rings. The monoisotopic (exact) mass is 403 g/mol. The molecule has 0 aliphatic heterocycles. The summed E-state index contributed by atoms with van der Waals surface area (Å²) >= 11 is 0. The lowest BCUT2D eigenvalue weighted by Crippen LogP contribution is -2.34. The van der Waals surface area contributed by atoms with E-state index < -0.39 is 29.0 Å². The maximum absolute atomic E-state index is 13.0. The fourth-order valence-corrected chi connectivity index (χ4v) is 3.24. The summed E-state index contributed by atoms with van der Waals surface area (Å²) in [5.74, 6) is -5.15. The number of benzene rings is 2. The molecule has 6 heteroatoms. The molecule has 0 saturated heterocycles. The summed E-state index contributed by atoms with van der Waals surface area (Å²) in [5.41, 5.74) is 1.86. The van der Waals surface area contributed by atoms with Gasteiger partial charge in [0, 0.05) is 6.20 Å². The van der Waals surface area contributed by atoms with Gasteiger partial charge in [-0.3, -0.25) is 14.4 Å². The van der Waals surface area contributed by atoms with Crippen molar-refractivity contribution in [2.75, 3.05) is 0 Å². The van der Waals surface area contributed by atoms with Crippen LogP contribution in [0.2, 0.25) is 0 Å². The van der Waals surface area contributed by atoms with E-state index in [1.807, 2.05) is 60.7 Å². The Bertz CT molecular complexity index is 1130. The largest absolute Gasteiger partial charge is 0.475 e. The van der Waals surface area contributed by atoms with E-state index in [2.05, 4.69) is 0 Å². The fourth-order valence-electron chi connectivity index (χ4n) is 3.24. The van der Waals surface area contributed by atoms with Crippen LogP contribution in [0.4, 0.5) is 0 Å². The first kappa shape index (κ1) is 20.9. The van der Waals surface area contributed by atoms with Crippen molar-refractivity contribution >= 4 is 17.5 Å². The second kappa shape index (κ2) is 9.13. The number of rotatable bonds is 8. The summed E-state index contributed by atoms with van der Waals surface area (Å²) in [6.07, 6.45) is 2.18. The van der Waals surface area contributed by atoms with Crippen LogP contribution in [-0.2, 0) is 22.6 Å². The number of ketones is 2. The molecule has 3 rings (SSSR count). The molecule has 1 aromatic heterocycles. The lowest BCUT2D eigenvalue weighted by Gasteiger charge is -2.13. The highest BCUT2D eigenvalue weighted by atomic mass is 16.4. The number of pyridine rings is 1. The van der Waals surface area contributed by atoms with Gasteiger partial charge in [0.15, 0.2) is 5.78 Å². The van der Waals surface area contributed by atoms with Crippen LogP contribution in [0.3, 0.4) is 0 Å². The normalized spacial score (nSPS) is 11.6. The third-order valence-electron chi connectivity index (χ3n) is 4.85. The molecule has 1 heterocycles. The van der Waals surface area contributed by atoms with Crippen LogP contribution in [0.15, 0.2) is 77.7 Å². The molecule has 0 amide bonds. The number of Topliss-reactive ketones (excluding diaryl/α,β-unsaturated/α-hetero) is 2. The third-order valence-corrected chi connectivity index (χ3v) is 4.85. The number of hydrogen-bond acceptors (Lipinski definition) is 4. The zero-order chi connectivity index (χ0) is 21.7. The summed E-state index contributed by atoms with van der Waals surface area (Å²) in [7, 11) is 0. The zero-order valence-electron chi connectivity index (χ0n) is 16.4. The van der Waals surface area contributed by atoms with Crippen LogP contribution in [0.5, 0.6) is 0 Å². The summed E-state index contributed by atoms with van der Waals surface area (Å²) in [5, 5.41) is 8.93. The molecular formula is C24H21NO5. The number of aromatic nitrogens is 1. The predicted octanol–water partition coefficient (Wildman–Crippen LogP) is 2.96. The molecule has 0 spiro atoms. The Morgan fingerprint density at radius 2 is 1.47 bits per heavy atom. The van der Waals surface area contributed by atoms with Gasteiger partial charge in [-0.2, -0.15) is 0 Å². The minimum atomic E-state index is -1.69. The number of carbonyl (C=O) groups is 3. The fraction of sp³-hybridized carbons (Fsp3) is 0.167. The summed E-state index contributed by atoms with van der Waals surface area (Å²) in [4.78, 5) is 48.6. The van der Waals surface area contributed by atoms with Gasteiger partial charge in [-0.15, -0.1) is 0 Å². The van der Waals surface area contributed by atoms with Gasteiger partial charge in [0.2, 0.25) is 5.78 Å². The van der Waals surface area contributed by atoms with E-state index in [4.69, 9.17) is 5.11 Å². The lowest BCUT2D eigenvalue weighted by atomic mass is 9.94. The number of carboxylic acid groups (broad SMARTS) is 1. The van der Waals surface area contributed by atoms with Crippen LogP contribution in [-0.4, -0.2) is 27.2 Å². The van der Waals surface area contributed by atoms with E-state index in [9.17, 15) is 19.2 Å². The molecule has 0 aliphatic carbocycles. The Morgan fingerprint density at radius 3 is 2.03 bits per heavy atom. The summed E-state index contributed by atoms with van der Waals surface area (Å²) in [6.45, 7) is 1.47. The number of carboxylic acids is 1. The van der Waals surface area contributed by atoms with Crippen molar-refractivity contribution in [1.82, 2.24) is 4.57 Å². The second-order valence-corrected chi connectivity index (χ2v) is 7.10. The van der Waals surface area contributed by atoms with Crippen LogP contribution in [0.25, 0.3) is 0 Å². The number of carbonyl (C=O) groups excluding carboxylic acids is 2.